The Labute approximate surface area is 148 Å². The highest BCUT2D eigenvalue weighted by Crippen LogP contribution is 2.39. The third-order valence-corrected chi connectivity index (χ3v) is 5.41. The number of aromatic nitrogens is 2. The average molecular weight is 338 g/mol. The molecule has 5 nitrogen and oxygen atoms in total. The molecule has 1 heterocycles. The van der Waals surface area contributed by atoms with Crippen molar-refractivity contribution < 1.29 is 4.74 Å². The van der Waals surface area contributed by atoms with Crippen LogP contribution in [0, 0.1) is 0 Å². The van der Waals surface area contributed by atoms with Gasteiger partial charge in [-0.3, -0.25) is 0 Å². The van der Waals surface area contributed by atoms with E-state index < -0.39 is 0 Å². The molecule has 2 aliphatic rings. The Balaban J connectivity index is 1.67. The lowest BCUT2D eigenvalue weighted by Gasteiger charge is -2.30. The molecule has 1 aromatic carbocycles. The van der Waals surface area contributed by atoms with Gasteiger partial charge in [0.2, 0.25) is 11.8 Å². The number of nitrogen functional groups attached to an aromatic ring is 1. The fourth-order valence-corrected chi connectivity index (χ4v) is 4.19. The average Bonchev–Trinajstić information content (AvgIpc) is 2.62. The fourth-order valence-electron chi connectivity index (χ4n) is 4.19. The van der Waals surface area contributed by atoms with E-state index in [4.69, 9.17) is 16.2 Å². The minimum absolute atomic E-state index is 0.138. The normalized spacial score (nSPS) is 26.0. The van der Waals surface area contributed by atoms with Crippen LogP contribution in [0.5, 0.6) is 5.88 Å². The molecule has 0 radical (unpaired) electrons. The second kappa shape index (κ2) is 7.00. The highest BCUT2D eigenvalue weighted by atomic mass is 16.5. The zero-order chi connectivity index (χ0) is 17.2. The summed E-state index contributed by atoms with van der Waals surface area (Å²) < 4.78 is 6.28. The predicted molar refractivity (Wildman–Crippen MR) is 98.5 cm³/mol. The van der Waals surface area contributed by atoms with Gasteiger partial charge in [-0.2, -0.15) is 4.98 Å². The van der Waals surface area contributed by atoms with Gasteiger partial charge in [-0.05, 0) is 50.5 Å². The van der Waals surface area contributed by atoms with Crippen LogP contribution in [0.3, 0.4) is 0 Å². The Hall–Kier alpha value is -2.14. The van der Waals surface area contributed by atoms with E-state index >= 15 is 0 Å². The molecule has 0 bridgehead atoms. The van der Waals surface area contributed by atoms with E-state index in [1.165, 1.54) is 5.56 Å². The number of fused-ring (bicyclic) bond motifs is 1. The summed E-state index contributed by atoms with van der Waals surface area (Å²) in [6, 6.07) is 10.8. The number of anilines is 1. The van der Waals surface area contributed by atoms with Crippen molar-refractivity contribution >= 4 is 5.95 Å². The second-order valence-corrected chi connectivity index (χ2v) is 7.27. The van der Waals surface area contributed by atoms with Crippen LogP contribution in [0.1, 0.15) is 61.3 Å². The summed E-state index contributed by atoms with van der Waals surface area (Å²) in [5.74, 6) is 1.25. The van der Waals surface area contributed by atoms with Gasteiger partial charge >= 0.3 is 0 Å². The van der Waals surface area contributed by atoms with Gasteiger partial charge in [0.05, 0.1) is 5.69 Å². The van der Waals surface area contributed by atoms with E-state index in [2.05, 4.69) is 34.2 Å². The van der Waals surface area contributed by atoms with Gasteiger partial charge in [0.25, 0.3) is 0 Å². The highest BCUT2D eigenvalue weighted by Gasteiger charge is 2.29. The van der Waals surface area contributed by atoms with Gasteiger partial charge in [0.15, 0.2) is 0 Å². The quantitative estimate of drug-likeness (QED) is 0.897. The van der Waals surface area contributed by atoms with Crippen LogP contribution in [-0.4, -0.2) is 22.1 Å². The van der Waals surface area contributed by atoms with E-state index in [0.717, 1.165) is 56.2 Å². The van der Waals surface area contributed by atoms with E-state index in [-0.39, 0.29) is 18.1 Å². The molecule has 4 rings (SSSR count). The zero-order valence-electron chi connectivity index (χ0n) is 14.5. The zero-order valence-corrected chi connectivity index (χ0v) is 14.5. The minimum Gasteiger partial charge on any atom is -0.474 e. The Morgan fingerprint density at radius 2 is 1.84 bits per heavy atom. The molecule has 4 N–H and O–H groups in total. The van der Waals surface area contributed by atoms with Crippen molar-refractivity contribution in [3.8, 4) is 5.88 Å². The van der Waals surface area contributed by atoms with Crippen LogP contribution in [0.4, 0.5) is 5.95 Å². The van der Waals surface area contributed by atoms with Crippen LogP contribution in [0.25, 0.3) is 0 Å². The molecule has 3 unspecified atom stereocenters. The Kier molecular flexibility index (Phi) is 4.57. The molecule has 0 saturated heterocycles. The molecule has 25 heavy (non-hydrogen) atoms. The number of ether oxygens (including phenoxy) is 1. The first-order valence-corrected chi connectivity index (χ1v) is 9.34. The van der Waals surface area contributed by atoms with Gasteiger partial charge < -0.3 is 16.2 Å². The molecular formula is C20H26N4O. The molecule has 132 valence electrons. The van der Waals surface area contributed by atoms with Crippen molar-refractivity contribution in [3.63, 3.8) is 0 Å². The summed E-state index contributed by atoms with van der Waals surface area (Å²) in [4.78, 5) is 9.04. The Morgan fingerprint density at radius 3 is 2.64 bits per heavy atom. The molecule has 0 aliphatic heterocycles. The van der Waals surface area contributed by atoms with E-state index in [0.29, 0.717) is 11.8 Å². The van der Waals surface area contributed by atoms with E-state index in [9.17, 15) is 0 Å². The van der Waals surface area contributed by atoms with Crippen LogP contribution in [0.15, 0.2) is 30.3 Å². The standard InChI is InChI=1S/C20H26N4O/c21-14-8-4-9-15(12-14)25-19-17-11-5-10-16(13-6-2-1-3-7-13)18(17)23-20(22)24-19/h1-3,6-7,14-16H,4-5,8-12,21H2,(H2,22,23,24). The summed E-state index contributed by atoms with van der Waals surface area (Å²) >= 11 is 0. The van der Waals surface area contributed by atoms with E-state index in [1.54, 1.807) is 0 Å². The number of nitrogens with zero attached hydrogens (tertiary/aromatic N) is 2. The fraction of sp³-hybridized carbons (Fsp3) is 0.500. The van der Waals surface area contributed by atoms with Crippen LogP contribution < -0.4 is 16.2 Å². The van der Waals surface area contributed by atoms with Gasteiger partial charge in [0.1, 0.15) is 6.10 Å². The third-order valence-electron chi connectivity index (χ3n) is 5.41. The number of rotatable bonds is 3. The van der Waals surface area contributed by atoms with Crippen molar-refractivity contribution in [2.75, 3.05) is 5.73 Å². The SMILES string of the molecule is Nc1nc(OC2CCCC(N)C2)c2c(n1)C(c1ccccc1)CCC2. The van der Waals surface area contributed by atoms with Crippen molar-refractivity contribution in [3.05, 3.63) is 47.2 Å². The van der Waals surface area contributed by atoms with Gasteiger partial charge in [-0.15, -0.1) is 0 Å². The predicted octanol–water partition coefficient (Wildman–Crippen LogP) is 3.18. The van der Waals surface area contributed by atoms with Crippen molar-refractivity contribution in [2.45, 2.75) is 63.0 Å². The van der Waals surface area contributed by atoms with Gasteiger partial charge in [-0.25, -0.2) is 4.98 Å². The van der Waals surface area contributed by atoms with Crippen LogP contribution >= 0.6 is 0 Å². The maximum atomic E-state index is 6.28. The maximum Gasteiger partial charge on any atom is 0.223 e. The minimum atomic E-state index is 0.138. The maximum absolute atomic E-state index is 6.28. The first kappa shape index (κ1) is 16.3. The molecular weight excluding hydrogens is 312 g/mol. The third kappa shape index (κ3) is 3.47. The first-order valence-electron chi connectivity index (χ1n) is 9.34. The number of hydrogen-bond donors (Lipinski definition) is 2. The molecule has 2 aliphatic carbocycles. The lowest BCUT2D eigenvalue weighted by atomic mass is 9.82. The first-order chi connectivity index (χ1) is 12.2. The van der Waals surface area contributed by atoms with Crippen molar-refractivity contribution in [1.82, 2.24) is 9.97 Å². The van der Waals surface area contributed by atoms with Gasteiger partial charge in [0, 0.05) is 17.5 Å². The molecule has 2 aromatic rings. The molecule has 5 heteroatoms. The highest BCUT2D eigenvalue weighted by molar-refractivity contribution is 5.43. The van der Waals surface area contributed by atoms with Crippen molar-refractivity contribution in [2.24, 2.45) is 5.73 Å². The summed E-state index contributed by atoms with van der Waals surface area (Å²) in [6.45, 7) is 0. The summed E-state index contributed by atoms with van der Waals surface area (Å²) in [5.41, 5.74) is 15.6. The number of hydrogen-bond acceptors (Lipinski definition) is 5. The molecule has 1 aromatic heterocycles. The van der Waals surface area contributed by atoms with Gasteiger partial charge in [-0.1, -0.05) is 30.3 Å². The lowest BCUT2D eigenvalue weighted by molar-refractivity contribution is 0.136. The molecule has 0 amide bonds. The molecule has 1 saturated carbocycles. The van der Waals surface area contributed by atoms with Crippen molar-refractivity contribution in [1.29, 1.82) is 0 Å². The molecule has 1 fully saturated rings. The molecule has 3 atom stereocenters. The largest absolute Gasteiger partial charge is 0.474 e. The summed E-state index contributed by atoms with van der Waals surface area (Å²) in [7, 11) is 0. The Bertz CT molecular complexity index is 734. The van der Waals surface area contributed by atoms with E-state index in [1.807, 2.05) is 6.07 Å². The van der Waals surface area contributed by atoms with Crippen LogP contribution in [0.2, 0.25) is 0 Å². The lowest BCUT2D eigenvalue weighted by Crippen LogP contribution is -2.34. The second-order valence-electron chi connectivity index (χ2n) is 7.27. The topological polar surface area (TPSA) is 87.0 Å². The Morgan fingerprint density at radius 1 is 1.00 bits per heavy atom. The summed E-state index contributed by atoms with van der Waals surface area (Å²) in [5, 5.41) is 0. The number of nitrogens with two attached hydrogens (primary N) is 2. The summed E-state index contributed by atoms with van der Waals surface area (Å²) in [6.07, 6.45) is 7.41. The monoisotopic (exact) mass is 338 g/mol. The smallest absolute Gasteiger partial charge is 0.223 e. The van der Waals surface area contributed by atoms with Crippen LogP contribution in [-0.2, 0) is 6.42 Å². The molecule has 0 spiro atoms. The number of benzene rings is 1.